The van der Waals surface area contributed by atoms with Gasteiger partial charge < -0.3 is 4.43 Å². The van der Waals surface area contributed by atoms with Crippen LogP contribution >= 0.6 is 0 Å². The second kappa shape index (κ2) is 8.70. The van der Waals surface area contributed by atoms with Crippen molar-refractivity contribution in [1.82, 2.24) is 14.4 Å². The summed E-state index contributed by atoms with van der Waals surface area (Å²) < 4.78 is 8.31. The zero-order chi connectivity index (χ0) is 22.9. The van der Waals surface area contributed by atoms with Gasteiger partial charge in [-0.15, -0.1) is 0 Å². The molecule has 0 aliphatic rings. The summed E-state index contributed by atoms with van der Waals surface area (Å²) in [4.78, 5) is 9.44. The molecule has 1 atom stereocenters. The van der Waals surface area contributed by atoms with Crippen LogP contribution in [0.1, 0.15) is 38.1 Å². The summed E-state index contributed by atoms with van der Waals surface area (Å²) in [5, 5.41) is 9.48. The molecule has 0 aliphatic heterocycles. The first-order chi connectivity index (χ1) is 15.3. The fourth-order valence-corrected chi connectivity index (χ4v) is 4.78. The highest BCUT2D eigenvalue weighted by Gasteiger charge is 2.29. The molecule has 0 spiro atoms. The maximum absolute atomic E-state index is 9.48. The van der Waals surface area contributed by atoms with Gasteiger partial charge in [0.25, 0.3) is 0 Å². The predicted molar refractivity (Wildman–Crippen MR) is 129 cm³/mol. The molecule has 2 heterocycles. The smallest absolute Gasteiger partial charge is 0.234 e. The Bertz CT molecular complexity index is 1300. The molecule has 2 aromatic heterocycles. The monoisotopic (exact) mass is 439 g/mol. The van der Waals surface area contributed by atoms with Crippen molar-refractivity contribution in [3.8, 4) is 28.5 Å². The minimum atomic E-state index is -0.880. The Labute approximate surface area is 191 Å². The first-order valence-corrected chi connectivity index (χ1v) is 13.1. The quantitative estimate of drug-likeness (QED) is 0.343. The molecule has 0 amide bonds. The number of nitrogens with zero attached hydrogens (tertiary/aromatic N) is 4. The Hall–Kier alpha value is -3.27. The average Bonchev–Trinajstić information content (AvgIpc) is 3.20. The number of aromatic nitrogens is 3. The van der Waals surface area contributed by atoms with Gasteiger partial charge in [0.2, 0.25) is 14.8 Å². The fourth-order valence-electron chi connectivity index (χ4n) is 3.84. The summed E-state index contributed by atoms with van der Waals surface area (Å²) in [5.74, 6) is 0.652. The number of imidazole rings is 1. The van der Waals surface area contributed by atoms with Gasteiger partial charge >= 0.3 is 0 Å². The molecule has 0 saturated heterocycles. The number of fused-ring (bicyclic) bond motifs is 1. The normalized spacial score (nSPS) is 12.8. The van der Waals surface area contributed by atoms with Crippen LogP contribution in [0.2, 0.25) is 13.1 Å². The Balaban J connectivity index is 1.75. The van der Waals surface area contributed by atoms with Crippen LogP contribution in [0.3, 0.4) is 0 Å². The lowest BCUT2D eigenvalue weighted by molar-refractivity contribution is 0.0828. The molecule has 4 aromatic rings. The summed E-state index contributed by atoms with van der Waals surface area (Å²) in [6, 6.07) is 20.2. The van der Waals surface area contributed by atoms with E-state index in [1.807, 2.05) is 59.3 Å². The Kier molecular flexibility index (Phi) is 5.96. The fraction of sp³-hybridized carbons (Fsp3) is 0.269. The SMILES string of the molecule is C[Si](C)OC(c1ccn2c(-c3cccc(-c4ccccc4C#N)c3)cnc2n1)C(C)(C)C. The van der Waals surface area contributed by atoms with Crippen LogP contribution in [0.5, 0.6) is 0 Å². The minimum absolute atomic E-state index is 0.0643. The van der Waals surface area contributed by atoms with E-state index < -0.39 is 9.04 Å². The lowest BCUT2D eigenvalue weighted by Crippen LogP contribution is -2.26. The highest BCUT2D eigenvalue weighted by molar-refractivity contribution is 6.48. The molecule has 2 aromatic carbocycles. The summed E-state index contributed by atoms with van der Waals surface area (Å²) in [7, 11) is -0.880. The van der Waals surface area contributed by atoms with Gasteiger partial charge in [-0.25, -0.2) is 9.97 Å². The Morgan fingerprint density at radius 3 is 2.50 bits per heavy atom. The maximum Gasteiger partial charge on any atom is 0.234 e. The second-order valence-corrected chi connectivity index (χ2v) is 11.2. The van der Waals surface area contributed by atoms with E-state index >= 15 is 0 Å². The average molecular weight is 440 g/mol. The van der Waals surface area contributed by atoms with Gasteiger partial charge in [-0.05, 0) is 47.8 Å². The molecule has 0 N–H and O–H groups in total. The molecular formula is C26H27N4OSi. The van der Waals surface area contributed by atoms with Crippen molar-refractivity contribution in [3.05, 3.63) is 78.2 Å². The lowest BCUT2D eigenvalue weighted by atomic mass is 9.87. The molecule has 32 heavy (non-hydrogen) atoms. The maximum atomic E-state index is 9.48. The van der Waals surface area contributed by atoms with Crippen molar-refractivity contribution in [3.63, 3.8) is 0 Å². The van der Waals surface area contributed by atoms with Crippen LogP contribution < -0.4 is 0 Å². The molecule has 1 unspecified atom stereocenters. The van der Waals surface area contributed by atoms with Crippen LogP contribution in [0.4, 0.5) is 0 Å². The van der Waals surface area contributed by atoms with E-state index in [0.29, 0.717) is 11.3 Å². The molecule has 1 radical (unpaired) electrons. The van der Waals surface area contributed by atoms with Crippen molar-refractivity contribution in [2.75, 3.05) is 0 Å². The topological polar surface area (TPSA) is 63.2 Å². The standard InChI is InChI=1S/C26H27N4OSi/c1-26(2,3)24(31-32(4)5)22-13-14-30-23(17-28-25(30)29-22)19-11-8-10-18(15-19)21-12-7-6-9-20(21)16-27/h6-15,17,24H,1-5H3. The molecule has 0 fully saturated rings. The largest absolute Gasteiger partial charge is 0.408 e. The third-order valence-corrected chi connectivity index (χ3v) is 6.03. The summed E-state index contributed by atoms with van der Waals surface area (Å²) in [5.41, 5.74) is 5.41. The molecule has 161 valence electrons. The lowest BCUT2D eigenvalue weighted by Gasteiger charge is -2.31. The van der Waals surface area contributed by atoms with E-state index in [2.05, 4.69) is 57.1 Å². The third-order valence-electron chi connectivity index (χ3n) is 5.33. The second-order valence-electron chi connectivity index (χ2n) is 9.18. The van der Waals surface area contributed by atoms with Gasteiger partial charge in [-0.1, -0.05) is 57.2 Å². The molecule has 0 aliphatic carbocycles. The zero-order valence-electron chi connectivity index (χ0n) is 19.1. The van der Waals surface area contributed by atoms with Crippen LogP contribution in [-0.4, -0.2) is 23.4 Å². The molecular weight excluding hydrogens is 412 g/mol. The van der Waals surface area contributed by atoms with E-state index in [0.717, 1.165) is 28.1 Å². The van der Waals surface area contributed by atoms with Gasteiger partial charge in [0.1, 0.15) is 0 Å². The van der Waals surface area contributed by atoms with Crippen molar-refractivity contribution in [1.29, 1.82) is 5.26 Å². The van der Waals surface area contributed by atoms with Crippen molar-refractivity contribution in [2.45, 2.75) is 40.0 Å². The highest BCUT2D eigenvalue weighted by Crippen LogP contribution is 2.36. The molecule has 5 nitrogen and oxygen atoms in total. The van der Waals surface area contributed by atoms with Gasteiger partial charge in [-0.3, -0.25) is 4.40 Å². The van der Waals surface area contributed by atoms with E-state index in [4.69, 9.17) is 9.41 Å². The Morgan fingerprint density at radius 2 is 1.78 bits per heavy atom. The van der Waals surface area contributed by atoms with Gasteiger partial charge in [-0.2, -0.15) is 5.26 Å². The minimum Gasteiger partial charge on any atom is -0.408 e. The van der Waals surface area contributed by atoms with Crippen molar-refractivity contribution >= 4 is 14.8 Å². The van der Waals surface area contributed by atoms with Crippen LogP contribution in [-0.2, 0) is 4.43 Å². The van der Waals surface area contributed by atoms with Crippen molar-refractivity contribution in [2.24, 2.45) is 5.41 Å². The highest BCUT2D eigenvalue weighted by atomic mass is 28.3. The van der Waals surface area contributed by atoms with E-state index in [1.54, 1.807) is 0 Å². The number of hydrogen-bond donors (Lipinski definition) is 0. The first-order valence-electron chi connectivity index (χ1n) is 10.7. The Morgan fingerprint density at radius 1 is 1.03 bits per heavy atom. The van der Waals surface area contributed by atoms with E-state index in [9.17, 15) is 5.26 Å². The summed E-state index contributed by atoms with van der Waals surface area (Å²) in [6.07, 6.45) is 3.79. The molecule has 6 heteroatoms. The molecule has 0 saturated carbocycles. The number of nitriles is 1. The van der Waals surface area contributed by atoms with Crippen LogP contribution in [0.25, 0.3) is 28.2 Å². The van der Waals surface area contributed by atoms with E-state index in [1.165, 1.54) is 0 Å². The van der Waals surface area contributed by atoms with Crippen LogP contribution in [0, 0.1) is 16.7 Å². The first kappa shape index (κ1) is 21.9. The zero-order valence-corrected chi connectivity index (χ0v) is 20.1. The predicted octanol–water partition coefficient (Wildman–Crippen LogP) is 6.29. The summed E-state index contributed by atoms with van der Waals surface area (Å²) >= 11 is 0. The van der Waals surface area contributed by atoms with Crippen molar-refractivity contribution < 1.29 is 4.43 Å². The van der Waals surface area contributed by atoms with E-state index in [-0.39, 0.29) is 11.5 Å². The van der Waals surface area contributed by atoms with Gasteiger partial charge in [0.05, 0.1) is 35.3 Å². The third kappa shape index (κ3) is 4.36. The van der Waals surface area contributed by atoms with Crippen LogP contribution in [0.15, 0.2) is 67.0 Å². The summed E-state index contributed by atoms with van der Waals surface area (Å²) in [6.45, 7) is 10.8. The van der Waals surface area contributed by atoms with Gasteiger partial charge in [0, 0.05) is 11.8 Å². The number of hydrogen-bond acceptors (Lipinski definition) is 4. The molecule has 0 bridgehead atoms. The molecule has 4 rings (SSSR count). The van der Waals surface area contributed by atoms with Gasteiger partial charge in [0.15, 0.2) is 0 Å². The number of rotatable bonds is 5. The number of benzene rings is 2.